The molecule has 1 aromatic rings. The van der Waals surface area contributed by atoms with Gasteiger partial charge in [-0.3, -0.25) is 0 Å². The molecule has 0 aliphatic carbocycles. The van der Waals surface area contributed by atoms with Crippen LogP contribution in [0.2, 0.25) is 0 Å². The molecular weight excluding hydrogens is 258 g/mol. The van der Waals surface area contributed by atoms with Crippen LogP contribution in [0.4, 0.5) is 5.95 Å². The first-order valence-corrected chi connectivity index (χ1v) is 6.55. The molecule has 20 heavy (non-hydrogen) atoms. The molecule has 1 fully saturated rings. The molecule has 0 bridgehead atoms. The number of nitrogens with zero attached hydrogens (tertiary/aromatic N) is 3. The summed E-state index contributed by atoms with van der Waals surface area (Å²) in [5.41, 5.74) is 6.69. The summed E-state index contributed by atoms with van der Waals surface area (Å²) in [5, 5.41) is 12.0. The maximum absolute atomic E-state index is 10.7. The minimum absolute atomic E-state index is 0.0917. The summed E-state index contributed by atoms with van der Waals surface area (Å²) in [6, 6.07) is 0.299. The average Bonchev–Trinajstić information content (AvgIpc) is 2.48. The third-order valence-electron chi connectivity index (χ3n) is 3.47. The number of carboxylic acid groups (broad SMARTS) is 1. The van der Waals surface area contributed by atoms with Gasteiger partial charge in [-0.15, -0.1) is 0 Å². The number of anilines is 1. The topological polar surface area (TPSA) is 104 Å². The first-order chi connectivity index (χ1) is 9.60. The van der Waals surface area contributed by atoms with E-state index in [-0.39, 0.29) is 5.56 Å². The summed E-state index contributed by atoms with van der Waals surface area (Å²) in [4.78, 5) is 21.0. The third-order valence-corrected chi connectivity index (χ3v) is 3.47. The molecule has 1 aliphatic heterocycles. The Morgan fingerprint density at radius 2 is 2.05 bits per heavy atom. The summed E-state index contributed by atoms with van der Waals surface area (Å²) in [5.74, 6) is -0.548. The standard InChI is InChI=1S/C13H19N5O2/c1-9(6-14)18-4-2-11(3-5-18)17-13-15-7-10(8-16-13)12(19)20/h6-8,11H,2-5,14H2,1H3,(H,19,20)(H,15,16,17)/b9-6+. The fraction of sp³-hybridized carbons (Fsp3) is 0.462. The first kappa shape index (κ1) is 14.1. The number of carboxylic acids is 1. The average molecular weight is 277 g/mol. The second-order valence-electron chi connectivity index (χ2n) is 4.81. The zero-order valence-electron chi connectivity index (χ0n) is 11.4. The van der Waals surface area contributed by atoms with Crippen molar-refractivity contribution in [1.29, 1.82) is 0 Å². The Hall–Kier alpha value is -2.31. The summed E-state index contributed by atoms with van der Waals surface area (Å²) in [6.45, 7) is 3.87. The van der Waals surface area contributed by atoms with E-state index in [9.17, 15) is 4.79 Å². The molecule has 7 nitrogen and oxygen atoms in total. The molecule has 108 valence electrons. The highest BCUT2D eigenvalue weighted by Gasteiger charge is 2.19. The van der Waals surface area contributed by atoms with Crippen LogP contribution < -0.4 is 11.1 Å². The van der Waals surface area contributed by atoms with Crippen LogP contribution in [0, 0.1) is 0 Å². The van der Waals surface area contributed by atoms with Crippen LogP contribution >= 0.6 is 0 Å². The number of aromatic carboxylic acids is 1. The van der Waals surface area contributed by atoms with Gasteiger partial charge >= 0.3 is 5.97 Å². The lowest BCUT2D eigenvalue weighted by Crippen LogP contribution is -2.38. The van der Waals surface area contributed by atoms with Crippen LogP contribution in [0.1, 0.15) is 30.1 Å². The molecule has 7 heteroatoms. The summed E-state index contributed by atoms with van der Waals surface area (Å²) in [6.07, 6.45) is 6.19. The van der Waals surface area contributed by atoms with Gasteiger partial charge in [-0.25, -0.2) is 14.8 Å². The number of piperidine rings is 1. The van der Waals surface area contributed by atoms with Crippen LogP contribution in [-0.2, 0) is 0 Å². The van der Waals surface area contributed by atoms with E-state index in [1.807, 2.05) is 6.92 Å². The number of rotatable bonds is 4. The van der Waals surface area contributed by atoms with E-state index in [2.05, 4.69) is 20.2 Å². The van der Waals surface area contributed by atoms with Crippen molar-refractivity contribution in [2.45, 2.75) is 25.8 Å². The normalized spacial score (nSPS) is 17.1. The smallest absolute Gasteiger partial charge is 0.338 e. The first-order valence-electron chi connectivity index (χ1n) is 6.55. The van der Waals surface area contributed by atoms with Crippen molar-refractivity contribution in [1.82, 2.24) is 14.9 Å². The van der Waals surface area contributed by atoms with E-state index >= 15 is 0 Å². The van der Waals surface area contributed by atoms with Gasteiger partial charge in [0.05, 0.1) is 5.56 Å². The van der Waals surface area contributed by atoms with Gasteiger partial charge in [0, 0.05) is 43.4 Å². The Morgan fingerprint density at radius 3 is 2.55 bits per heavy atom. The van der Waals surface area contributed by atoms with Gasteiger partial charge in [0.2, 0.25) is 5.95 Å². The highest BCUT2D eigenvalue weighted by Crippen LogP contribution is 2.17. The van der Waals surface area contributed by atoms with E-state index < -0.39 is 5.97 Å². The zero-order chi connectivity index (χ0) is 14.5. The largest absolute Gasteiger partial charge is 0.478 e. The minimum atomic E-state index is -1.02. The van der Waals surface area contributed by atoms with Crippen molar-refractivity contribution in [2.75, 3.05) is 18.4 Å². The Labute approximate surface area is 117 Å². The highest BCUT2D eigenvalue weighted by molar-refractivity contribution is 5.86. The van der Waals surface area contributed by atoms with E-state index in [1.54, 1.807) is 6.20 Å². The van der Waals surface area contributed by atoms with Gasteiger partial charge in [-0.2, -0.15) is 0 Å². The number of aromatic nitrogens is 2. The fourth-order valence-electron chi connectivity index (χ4n) is 2.18. The third kappa shape index (κ3) is 3.37. The van der Waals surface area contributed by atoms with E-state index in [0.29, 0.717) is 12.0 Å². The van der Waals surface area contributed by atoms with E-state index in [1.165, 1.54) is 12.4 Å². The zero-order valence-corrected chi connectivity index (χ0v) is 11.4. The molecule has 0 unspecified atom stereocenters. The second-order valence-corrected chi connectivity index (χ2v) is 4.81. The van der Waals surface area contributed by atoms with Crippen LogP contribution in [0.15, 0.2) is 24.3 Å². The molecule has 0 aromatic carbocycles. The molecule has 2 heterocycles. The van der Waals surface area contributed by atoms with Crippen LogP contribution in [-0.4, -0.2) is 45.1 Å². The van der Waals surface area contributed by atoms with Crippen molar-refractivity contribution in [3.05, 3.63) is 29.9 Å². The number of nitrogens with two attached hydrogens (primary N) is 1. The summed E-state index contributed by atoms with van der Waals surface area (Å²) in [7, 11) is 0. The van der Waals surface area contributed by atoms with Crippen molar-refractivity contribution in [3.8, 4) is 0 Å². The molecule has 0 amide bonds. The van der Waals surface area contributed by atoms with Gasteiger partial charge < -0.3 is 21.1 Å². The number of likely N-dealkylation sites (tertiary alicyclic amines) is 1. The number of allylic oxidation sites excluding steroid dienone is 1. The van der Waals surface area contributed by atoms with Crippen molar-refractivity contribution in [3.63, 3.8) is 0 Å². The van der Waals surface area contributed by atoms with Crippen molar-refractivity contribution >= 4 is 11.9 Å². The molecule has 4 N–H and O–H groups in total. The lowest BCUT2D eigenvalue weighted by atomic mass is 10.0. The highest BCUT2D eigenvalue weighted by atomic mass is 16.4. The Morgan fingerprint density at radius 1 is 1.45 bits per heavy atom. The molecule has 1 aromatic heterocycles. The maximum Gasteiger partial charge on any atom is 0.338 e. The Kier molecular flexibility index (Phi) is 4.39. The number of carbonyl (C=O) groups is 1. The monoisotopic (exact) mass is 277 g/mol. The molecule has 0 saturated carbocycles. The summed E-state index contributed by atoms with van der Waals surface area (Å²) >= 11 is 0. The fourth-order valence-corrected chi connectivity index (χ4v) is 2.18. The lowest BCUT2D eigenvalue weighted by Gasteiger charge is -2.34. The minimum Gasteiger partial charge on any atom is -0.478 e. The second kappa shape index (κ2) is 6.23. The Balaban J connectivity index is 1.88. The molecule has 1 saturated heterocycles. The summed E-state index contributed by atoms with van der Waals surface area (Å²) < 4.78 is 0. The quantitative estimate of drug-likeness (QED) is 0.750. The van der Waals surface area contributed by atoms with E-state index in [4.69, 9.17) is 10.8 Å². The van der Waals surface area contributed by atoms with Crippen molar-refractivity contribution in [2.24, 2.45) is 5.73 Å². The van der Waals surface area contributed by atoms with E-state index in [0.717, 1.165) is 31.6 Å². The van der Waals surface area contributed by atoms with Gasteiger partial charge in [0.1, 0.15) is 0 Å². The van der Waals surface area contributed by atoms with Crippen molar-refractivity contribution < 1.29 is 9.90 Å². The van der Waals surface area contributed by atoms with Gasteiger partial charge in [0.15, 0.2) is 0 Å². The van der Waals surface area contributed by atoms with Gasteiger partial charge in [-0.05, 0) is 19.8 Å². The predicted molar refractivity (Wildman–Crippen MR) is 75.2 cm³/mol. The SMILES string of the molecule is C/C(=C\N)N1CCC(Nc2ncc(C(=O)O)cn2)CC1. The molecule has 0 spiro atoms. The maximum atomic E-state index is 10.7. The number of hydrogen-bond acceptors (Lipinski definition) is 6. The van der Waals surface area contributed by atoms with Crippen LogP contribution in [0.3, 0.4) is 0 Å². The predicted octanol–water partition coefficient (Wildman–Crippen LogP) is 0.871. The molecule has 0 atom stereocenters. The molecule has 1 aliphatic rings. The number of hydrogen-bond donors (Lipinski definition) is 3. The van der Waals surface area contributed by atoms with Gasteiger partial charge in [0.25, 0.3) is 0 Å². The lowest BCUT2D eigenvalue weighted by molar-refractivity contribution is 0.0696. The van der Waals surface area contributed by atoms with Crippen LogP contribution in [0.25, 0.3) is 0 Å². The number of nitrogens with one attached hydrogen (secondary N) is 1. The molecule has 0 radical (unpaired) electrons. The molecule has 2 rings (SSSR count). The molecular formula is C13H19N5O2. The van der Waals surface area contributed by atoms with Crippen LogP contribution in [0.5, 0.6) is 0 Å². The van der Waals surface area contributed by atoms with Gasteiger partial charge in [-0.1, -0.05) is 0 Å². The Bertz CT molecular complexity index is 492.